The topological polar surface area (TPSA) is 25.4 Å². The summed E-state index contributed by atoms with van der Waals surface area (Å²) in [5, 5.41) is 0. The summed E-state index contributed by atoms with van der Waals surface area (Å²) in [7, 11) is 2.14. The molecule has 0 aromatic carbocycles. The second-order valence-electron chi connectivity index (χ2n) is 3.83. The van der Waals surface area contributed by atoms with Crippen LogP contribution in [0, 0.1) is 0 Å². The molecule has 0 N–H and O–H groups in total. The minimum Gasteiger partial charge on any atom is -0.487 e. The second-order valence-corrected chi connectivity index (χ2v) is 3.83. The van der Waals surface area contributed by atoms with E-state index in [1.54, 1.807) is 12.4 Å². The smallest absolute Gasteiger partial charge is 0.138 e. The molecule has 1 aromatic heterocycles. The number of rotatable bonds is 2. The molecule has 1 aliphatic heterocycles. The maximum atomic E-state index is 5.82. The van der Waals surface area contributed by atoms with Crippen LogP contribution in [0.2, 0.25) is 0 Å². The number of nitrogens with zero attached hydrogens (tertiary/aromatic N) is 2. The first kappa shape index (κ1) is 9.46. The van der Waals surface area contributed by atoms with E-state index in [0.29, 0.717) is 6.10 Å². The summed E-state index contributed by atoms with van der Waals surface area (Å²) in [4.78, 5) is 6.34. The summed E-state index contributed by atoms with van der Waals surface area (Å²) in [5.41, 5.74) is 0. The molecule has 0 saturated carbocycles. The molecule has 2 heterocycles. The Morgan fingerprint density at radius 2 is 2.50 bits per heavy atom. The number of hydrogen-bond donors (Lipinski definition) is 0. The van der Waals surface area contributed by atoms with Crippen molar-refractivity contribution in [1.29, 1.82) is 0 Å². The Balaban J connectivity index is 1.91. The van der Waals surface area contributed by atoms with E-state index in [2.05, 4.69) is 16.9 Å². The molecule has 3 heteroatoms. The molecule has 0 spiro atoms. The van der Waals surface area contributed by atoms with Crippen LogP contribution < -0.4 is 4.74 Å². The maximum absolute atomic E-state index is 5.82. The fourth-order valence-electron chi connectivity index (χ4n) is 1.82. The summed E-state index contributed by atoms with van der Waals surface area (Å²) in [5.74, 6) is 0.882. The van der Waals surface area contributed by atoms with Crippen molar-refractivity contribution in [3.63, 3.8) is 0 Å². The van der Waals surface area contributed by atoms with Crippen LogP contribution in [0.4, 0.5) is 0 Å². The number of likely N-dealkylation sites (tertiary alicyclic amines) is 1. The molecule has 1 unspecified atom stereocenters. The van der Waals surface area contributed by atoms with Gasteiger partial charge in [0.25, 0.3) is 0 Å². The number of aromatic nitrogens is 1. The Hall–Kier alpha value is -1.09. The van der Waals surface area contributed by atoms with Crippen LogP contribution in [0.3, 0.4) is 0 Å². The lowest BCUT2D eigenvalue weighted by atomic mass is 10.1. The third-order valence-electron chi connectivity index (χ3n) is 2.52. The normalized spacial score (nSPS) is 23.4. The predicted molar refractivity (Wildman–Crippen MR) is 55.4 cm³/mol. The summed E-state index contributed by atoms with van der Waals surface area (Å²) in [6, 6.07) is 3.86. The van der Waals surface area contributed by atoms with Gasteiger partial charge in [-0.05, 0) is 38.6 Å². The number of likely N-dealkylation sites (N-methyl/N-ethyl adjacent to an activating group) is 1. The van der Waals surface area contributed by atoms with Crippen LogP contribution in [0.5, 0.6) is 5.75 Å². The lowest BCUT2D eigenvalue weighted by Gasteiger charge is -2.29. The molecule has 14 heavy (non-hydrogen) atoms. The fraction of sp³-hybridized carbons (Fsp3) is 0.545. The number of piperidine rings is 1. The van der Waals surface area contributed by atoms with Gasteiger partial charge in [0.05, 0.1) is 6.20 Å². The highest BCUT2D eigenvalue weighted by Gasteiger charge is 2.18. The second kappa shape index (κ2) is 4.42. The van der Waals surface area contributed by atoms with Crippen LogP contribution in [0.15, 0.2) is 24.5 Å². The van der Waals surface area contributed by atoms with Gasteiger partial charge in [0.15, 0.2) is 0 Å². The quantitative estimate of drug-likeness (QED) is 0.711. The minimum atomic E-state index is 0.331. The van der Waals surface area contributed by atoms with Crippen LogP contribution in [0.1, 0.15) is 12.8 Å². The molecule has 1 aromatic rings. The van der Waals surface area contributed by atoms with E-state index in [-0.39, 0.29) is 0 Å². The Labute approximate surface area is 84.7 Å². The van der Waals surface area contributed by atoms with Crippen molar-refractivity contribution in [2.24, 2.45) is 0 Å². The third kappa shape index (κ3) is 2.45. The first-order chi connectivity index (χ1) is 6.84. The first-order valence-electron chi connectivity index (χ1n) is 5.10. The molecule has 1 aliphatic rings. The Morgan fingerprint density at radius 3 is 3.21 bits per heavy atom. The molecular formula is C11H16N2O. The van der Waals surface area contributed by atoms with E-state index in [1.807, 2.05) is 12.1 Å². The summed E-state index contributed by atoms with van der Waals surface area (Å²) in [6.07, 6.45) is 6.24. The average molecular weight is 192 g/mol. The van der Waals surface area contributed by atoms with E-state index in [1.165, 1.54) is 13.0 Å². The lowest BCUT2D eigenvalue weighted by Crippen LogP contribution is -2.38. The molecule has 1 atom stereocenters. The molecular weight excluding hydrogens is 176 g/mol. The van der Waals surface area contributed by atoms with Crippen molar-refractivity contribution in [3.05, 3.63) is 24.5 Å². The van der Waals surface area contributed by atoms with Crippen LogP contribution in [-0.4, -0.2) is 36.1 Å². The molecule has 1 fully saturated rings. The van der Waals surface area contributed by atoms with Gasteiger partial charge in [-0.3, -0.25) is 4.98 Å². The summed E-state index contributed by atoms with van der Waals surface area (Å²) < 4.78 is 5.82. The van der Waals surface area contributed by atoms with Gasteiger partial charge in [0.1, 0.15) is 11.9 Å². The Bertz CT molecular complexity index is 276. The Morgan fingerprint density at radius 1 is 1.57 bits per heavy atom. The van der Waals surface area contributed by atoms with Gasteiger partial charge in [0.2, 0.25) is 0 Å². The van der Waals surface area contributed by atoms with E-state index in [0.717, 1.165) is 18.7 Å². The molecule has 1 saturated heterocycles. The van der Waals surface area contributed by atoms with E-state index >= 15 is 0 Å². The first-order valence-corrected chi connectivity index (χ1v) is 5.10. The highest BCUT2D eigenvalue weighted by Crippen LogP contribution is 2.16. The molecule has 0 radical (unpaired) electrons. The highest BCUT2D eigenvalue weighted by atomic mass is 16.5. The number of ether oxygens (including phenoxy) is 1. The SMILES string of the molecule is CN1CCCC(Oc2cccnc2)C1. The Kier molecular flexibility index (Phi) is 2.99. The van der Waals surface area contributed by atoms with E-state index in [4.69, 9.17) is 4.74 Å². The van der Waals surface area contributed by atoms with Crippen molar-refractivity contribution in [2.75, 3.05) is 20.1 Å². The van der Waals surface area contributed by atoms with E-state index in [9.17, 15) is 0 Å². The van der Waals surface area contributed by atoms with Gasteiger partial charge in [-0.25, -0.2) is 0 Å². The summed E-state index contributed by atoms with van der Waals surface area (Å²) in [6.45, 7) is 2.21. The van der Waals surface area contributed by atoms with Gasteiger partial charge in [-0.15, -0.1) is 0 Å². The summed E-state index contributed by atoms with van der Waals surface area (Å²) >= 11 is 0. The van der Waals surface area contributed by atoms with Gasteiger partial charge < -0.3 is 9.64 Å². The van der Waals surface area contributed by atoms with Crippen LogP contribution >= 0.6 is 0 Å². The molecule has 76 valence electrons. The average Bonchev–Trinajstić information content (AvgIpc) is 2.19. The molecule has 3 nitrogen and oxygen atoms in total. The van der Waals surface area contributed by atoms with Gasteiger partial charge in [-0.2, -0.15) is 0 Å². The fourth-order valence-corrected chi connectivity index (χ4v) is 1.82. The van der Waals surface area contributed by atoms with Gasteiger partial charge in [-0.1, -0.05) is 0 Å². The van der Waals surface area contributed by atoms with Crippen LogP contribution in [-0.2, 0) is 0 Å². The van der Waals surface area contributed by atoms with Crippen LogP contribution in [0.25, 0.3) is 0 Å². The predicted octanol–water partition coefficient (Wildman–Crippen LogP) is 1.55. The standard InChI is InChI=1S/C11H16N2O/c1-13-7-3-5-11(9-13)14-10-4-2-6-12-8-10/h2,4,6,8,11H,3,5,7,9H2,1H3. The lowest BCUT2D eigenvalue weighted by molar-refractivity contribution is 0.104. The van der Waals surface area contributed by atoms with Crippen molar-refractivity contribution >= 4 is 0 Å². The molecule has 0 amide bonds. The minimum absolute atomic E-state index is 0.331. The largest absolute Gasteiger partial charge is 0.487 e. The maximum Gasteiger partial charge on any atom is 0.138 e. The molecule has 0 bridgehead atoms. The zero-order valence-corrected chi connectivity index (χ0v) is 8.52. The monoisotopic (exact) mass is 192 g/mol. The molecule has 2 rings (SSSR count). The number of hydrogen-bond acceptors (Lipinski definition) is 3. The number of pyridine rings is 1. The van der Waals surface area contributed by atoms with Crippen molar-refractivity contribution in [2.45, 2.75) is 18.9 Å². The van der Waals surface area contributed by atoms with Gasteiger partial charge in [0, 0.05) is 12.7 Å². The zero-order chi connectivity index (χ0) is 9.80. The third-order valence-corrected chi connectivity index (χ3v) is 2.52. The highest BCUT2D eigenvalue weighted by molar-refractivity contribution is 5.15. The van der Waals surface area contributed by atoms with Crippen molar-refractivity contribution in [1.82, 2.24) is 9.88 Å². The molecule has 0 aliphatic carbocycles. The van der Waals surface area contributed by atoms with Crippen molar-refractivity contribution in [3.8, 4) is 5.75 Å². The zero-order valence-electron chi connectivity index (χ0n) is 8.52. The van der Waals surface area contributed by atoms with Crippen molar-refractivity contribution < 1.29 is 4.74 Å². The van der Waals surface area contributed by atoms with Gasteiger partial charge >= 0.3 is 0 Å². The van der Waals surface area contributed by atoms with E-state index < -0.39 is 0 Å².